The van der Waals surface area contributed by atoms with Gasteiger partial charge in [0.1, 0.15) is 17.8 Å². The third-order valence-electron chi connectivity index (χ3n) is 3.70. The number of hydrogen-bond acceptors (Lipinski definition) is 5. The minimum Gasteiger partial charge on any atom is -0.437 e. The summed E-state index contributed by atoms with van der Waals surface area (Å²) in [6.45, 7) is 2.75. The van der Waals surface area contributed by atoms with Crippen molar-refractivity contribution in [3.05, 3.63) is 72.1 Å². The molecular weight excluding hydrogens is 300 g/mol. The van der Waals surface area contributed by atoms with Gasteiger partial charge < -0.3 is 15.8 Å². The van der Waals surface area contributed by atoms with Gasteiger partial charge in [0.05, 0.1) is 0 Å². The Labute approximate surface area is 141 Å². The zero-order chi connectivity index (χ0) is 16.8. The van der Waals surface area contributed by atoms with Gasteiger partial charge in [-0.1, -0.05) is 49.4 Å². The first-order valence-electron chi connectivity index (χ1n) is 7.91. The average molecular weight is 320 g/mol. The quantitative estimate of drug-likeness (QED) is 0.717. The zero-order valence-electron chi connectivity index (χ0n) is 13.6. The van der Waals surface area contributed by atoms with E-state index in [9.17, 15) is 0 Å². The van der Waals surface area contributed by atoms with E-state index in [1.807, 2.05) is 54.6 Å². The standard InChI is InChI=1S/C19H20N4O/c1-2-14-8-10-16(11-9-14)24-19-17(20)18(22-13-23-19)21-12-15-6-4-3-5-7-15/h3-11,13H,2,12,20H2,1H3,(H,21,22,23). The number of nitrogens with two attached hydrogens (primary N) is 1. The van der Waals surface area contributed by atoms with Crippen LogP contribution in [0.5, 0.6) is 11.6 Å². The van der Waals surface area contributed by atoms with Gasteiger partial charge in [0, 0.05) is 6.54 Å². The van der Waals surface area contributed by atoms with Gasteiger partial charge in [-0.2, -0.15) is 4.98 Å². The van der Waals surface area contributed by atoms with Gasteiger partial charge >= 0.3 is 0 Å². The van der Waals surface area contributed by atoms with E-state index < -0.39 is 0 Å². The molecule has 3 rings (SSSR count). The lowest BCUT2D eigenvalue weighted by Gasteiger charge is -2.12. The predicted octanol–water partition coefficient (Wildman–Crippen LogP) is 4.03. The second-order valence-corrected chi connectivity index (χ2v) is 5.38. The Morgan fingerprint density at radius 1 is 0.958 bits per heavy atom. The number of aromatic nitrogens is 2. The number of benzene rings is 2. The summed E-state index contributed by atoms with van der Waals surface area (Å²) >= 11 is 0. The van der Waals surface area contributed by atoms with Gasteiger partial charge in [0.25, 0.3) is 0 Å². The van der Waals surface area contributed by atoms with Crippen molar-refractivity contribution in [2.24, 2.45) is 0 Å². The lowest BCUT2D eigenvalue weighted by molar-refractivity contribution is 0.464. The number of hydrogen-bond donors (Lipinski definition) is 2. The van der Waals surface area contributed by atoms with Crippen molar-refractivity contribution < 1.29 is 4.74 Å². The van der Waals surface area contributed by atoms with Crippen molar-refractivity contribution in [1.29, 1.82) is 0 Å². The number of nitrogen functional groups attached to an aromatic ring is 1. The molecule has 0 fully saturated rings. The fourth-order valence-electron chi connectivity index (χ4n) is 2.29. The number of nitrogens with one attached hydrogen (secondary N) is 1. The highest BCUT2D eigenvalue weighted by atomic mass is 16.5. The molecule has 0 aliphatic carbocycles. The minimum atomic E-state index is 0.352. The van der Waals surface area contributed by atoms with E-state index in [0.29, 0.717) is 29.7 Å². The summed E-state index contributed by atoms with van der Waals surface area (Å²) in [5.74, 6) is 1.62. The van der Waals surface area contributed by atoms with E-state index in [2.05, 4.69) is 22.2 Å². The van der Waals surface area contributed by atoms with Crippen LogP contribution in [0.3, 0.4) is 0 Å². The Hall–Kier alpha value is -3.08. The Morgan fingerprint density at radius 3 is 2.42 bits per heavy atom. The van der Waals surface area contributed by atoms with Crippen LogP contribution in [0.4, 0.5) is 11.5 Å². The normalized spacial score (nSPS) is 10.4. The summed E-state index contributed by atoms with van der Waals surface area (Å²) in [5, 5.41) is 3.22. The molecule has 3 aromatic rings. The first kappa shape index (κ1) is 15.8. The van der Waals surface area contributed by atoms with Crippen molar-refractivity contribution >= 4 is 11.5 Å². The van der Waals surface area contributed by atoms with E-state index in [1.165, 1.54) is 11.9 Å². The van der Waals surface area contributed by atoms with Crippen LogP contribution in [0.1, 0.15) is 18.1 Å². The maximum Gasteiger partial charge on any atom is 0.248 e. The molecule has 0 saturated carbocycles. The highest BCUT2D eigenvalue weighted by Gasteiger charge is 2.10. The number of ether oxygens (including phenoxy) is 1. The number of rotatable bonds is 6. The highest BCUT2D eigenvalue weighted by Crippen LogP contribution is 2.29. The largest absolute Gasteiger partial charge is 0.437 e. The van der Waals surface area contributed by atoms with E-state index in [1.54, 1.807) is 0 Å². The number of aryl methyl sites for hydroxylation is 1. The third-order valence-corrected chi connectivity index (χ3v) is 3.70. The molecule has 0 atom stereocenters. The molecule has 2 aromatic carbocycles. The molecule has 0 radical (unpaired) electrons. The predicted molar refractivity (Wildman–Crippen MR) is 96.1 cm³/mol. The molecule has 0 spiro atoms. The van der Waals surface area contributed by atoms with Crippen LogP contribution in [-0.4, -0.2) is 9.97 Å². The molecule has 0 amide bonds. The molecule has 122 valence electrons. The van der Waals surface area contributed by atoms with E-state index >= 15 is 0 Å². The Morgan fingerprint density at radius 2 is 1.71 bits per heavy atom. The Kier molecular flexibility index (Phi) is 4.91. The van der Waals surface area contributed by atoms with E-state index in [0.717, 1.165) is 12.0 Å². The molecule has 1 heterocycles. The van der Waals surface area contributed by atoms with Crippen LogP contribution in [0, 0.1) is 0 Å². The lowest BCUT2D eigenvalue weighted by Crippen LogP contribution is -2.06. The van der Waals surface area contributed by atoms with Gasteiger partial charge in [-0.25, -0.2) is 4.98 Å². The van der Waals surface area contributed by atoms with Gasteiger partial charge in [-0.15, -0.1) is 0 Å². The fraction of sp³-hybridized carbons (Fsp3) is 0.158. The molecule has 0 bridgehead atoms. The fourth-order valence-corrected chi connectivity index (χ4v) is 2.29. The number of nitrogens with zero attached hydrogens (tertiary/aromatic N) is 2. The summed E-state index contributed by atoms with van der Waals surface area (Å²) in [5.41, 5.74) is 8.93. The molecule has 0 saturated heterocycles. The van der Waals surface area contributed by atoms with Crippen molar-refractivity contribution in [2.45, 2.75) is 19.9 Å². The molecule has 24 heavy (non-hydrogen) atoms. The number of anilines is 2. The second-order valence-electron chi connectivity index (χ2n) is 5.38. The highest BCUT2D eigenvalue weighted by molar-refractivity contribution is 5.67. The van der Waals surface area contributed by atoms with E-state index in [-0.39, 0.29) is 0 Å². The van der Waals surface area contributed by atoms with Crippen molar-refractivity contribution in [2.75, 3.05) is 11.1 Å². The summed E-state index contributed by atoms with van der Waals surface area (Å²) in [7, 11) is 0. The lowest BCUT2D eigenvalue weighted by atomic mass is 10.2. The minimum absolute atomic E-state index is 0.352. The van der Waals surface area contributed by atoms with E-state index in [4.69, 9.17) is 10.5 Å². The molecule has 0 unspecified atom stereocenters. The van der Waals surface area contributed by atoms with Crippen molar-refractivity contribution in [1.82, 2.24) is 9.97 Å². The average Bonchev–Trinajstić information content (AvgIpc) is 2.64. The molecule has 0 aliphatic rings. The first-order valence-corrected chi connectivity index (χ1v) is 7.91. The maximum absolute atomic E-state index is 6.14. The van der Waals surface area contributed by atoms with Crippen LogP contribution in [0.25, 0.3) is 0 Å². The topological polar surface area (TPSA) is 73.1 Å². The van der Waals surface area contributed by atoms with Crippen LogP contribution < -0.4 is 15.8 Å². The van der Waals surface area contributed by atoms with Gasteiger partial charge in [0.2, 0.25) is 5.88 Å². The summed E-state index contributed by atoms with van der Waals surface area (Å²) < 4.78 is 5.79. The van der Waals surface area contributed by atoms with Gasteiger partial charge in [-0.3, -0.25) is 0 Å². The molecule has 1 aromatic heterocycles. The molecule has 5 heteroatoms. The maximum atomic E-state index is 6.14. The van der Waals surface area contributed by atoms with Crippen molar-refractivity contribution in [3.8, 4) is 11.6 Å². The SMILES string of the molecule is CCc1ccc(Oc2ncnc(NCc3ccccc3)c2N)cc1. The Bertz CT molecular complexity index is 788. The Balaban J connectivity index is 1.72. The zero-order valence-corrected chi connectivity index (χ0v) is 13.6. The van der Waals surface area contributed by atoms with Gasteiger partial charge in [0.15, 0.2) is 5.82 Å². The summed E-state index contributed by atoms with van der Waals surface area (Å²) in [4.78, 5) is 8.33. The second kappa shape index (κ2) is 7.46. The molecule has 0 aliphatic heterocycles. The van der Waals surface area contributed by atoms with Gasteiger partial charge in [-0.05, 0) is 29.7 Å². The molecule has 5 nitrogen and oxygen atoms in total. The summed E-state index contributed by atoms with van der Waals surface area (Å²) in [6.07, 6.45) is 2.43. The van der Waals surface area contributed by atoms with Crippen molar-refractivity contribution in [3.63, 3.8) is 0 Å². The third kappa shape index (κ3) is 3.81. The first-order chi connectivity index (χ1) is 11.8. The monoisotopic (exact) mass is 320 g/mol. The smallest absolute Gasteiger partial charge is 0.248 e. The molecule has 3 N–H and O–H groups in total. The van der Waals surface area contributed by atoms with Crippen LogP contribution in [-0.2, 0) is 13.0 Å². The summed E-state index contributed by atoms with van der Waals surface area (Å²) in [6, 6.07) is 17.9. The van der Waals surface area contributed by atoms with Crippen LogP contribution in [0.2, 0.25) is 0 Å². The van der Waals surface area contributed by atoms with Crippen LogP contribution in [0.15, 0.2) is 60.9 Å². The molecular formula is C19H20N4O. The van der Waals surface area contributed by atoms with Crippen LogP contribution >= 0.6 is 0 Å².